The number of aromatic nitrogens is 1. The Kier molecular flexibility index (Phi) is 2.63. The highest BCUT2D eigenvalue weighted by molar-refractivity contribution is 7.21. The molecular formula is C14H12N2S. The Morgan fingerprint density at radius 2 is 1.94 bits per heavy atom. The molecule has 17 heavy (non-hydrogen) atoms. The molecule has 0 spiro atoms. The molecule has 0 saturated heterocycles. The number of nitrogens with two attached hydrogens (primary N) is 1. The highest BCUT2D eigenvalue weighted by Gasteiger charge is 2.05. The van der Waals surface area contributed by atoms with Gasteiger partial charge < -0.3 is 5.73 Å². The Balaban J connectivity index is 2.13. The summed E-state index contributed by atoms with van der Waals surface area (Å²) in [5.41, 5.74) is 9.00. The number of rotatable bonds is 2. The highest BCUT2D eigenvalue weighted by atomic mass is 32.1. The van der Waals surface area contributed by atoms with Crippen molar-refractivity contribution >= 4 is 21.6 Å². The van der Waals surface area contributed by atoms with Crippen LogP contribution in [0.2, 0.25) is 0 Å². The van der Waals surface area contributed by atoms with Crippen LogP contribution in [-0.2, 0) is 6.54 Å². The summed E-state index contributed by atoms with van der Waals surface area (Å²) in [6.07, 6.45) is 0. The molecule has 2 nitrogen and oxygen atoms in total. The molecule has 0 radical (unpaired) electrons. The zero-order chi connectivity index (χ0) is 11.7. The summed E-state index contributed by atoms with van der Waals surface area (Å²) in [5.74, 6) is 0. The maximum atomic E-state index is 5.65. The zero-order valence-electron chi connectivity index (χ0n) is 9.26. The molecule has 3 rings (SSSR count). The molecule has 0 aliphatic rings. The van der Waals surface area contributed by atoms with Gasteiger partial charge in [-0.15, -0.1) is 11.3 Å². The summed E-state index contributed by atoms with van der Waals surface area (Å²) < 4.78 is 1.22. The lowest BCUT2D eigenvalue weighted by Crippen LogP contribution is -1.95. The fourth-order valence-electron chi connectivity index (χ4n) is 1.83. The number of benzene rings is 2. The maximum Gasteiger partial charge on any atom is 0.124 e. The minimum atomic E-state index is 0.568. The minimum absolute atomic E-state index is 0.568. The van der Waals surface area contributed by atoms with Crippen LogP contribution in [0.5, 0.6) is 0 Å². The van der Waals surface area contributed by atoms with Crippen LogP contribution in [0, 0.1) is 0 Å². The van der Waals surface area contributed by atoms with Crippen LogP contribution in [0.1, 0.15) is 5.56 Å². The fourth-order valence-corrected chi connectivity index (χ4v) is 2.79. The van der Waals surface area contributed by atoms with Crippen molar-refractivity contribution in [2.24, 2.45) is 5.73 Å². The van der Waals surface area contributed by atoms with Crippen molar-refractivity contribution < 1.29 is 0 Å². The predicted octanol–water partition coefficient (Wildman–Crippen LogP) is 3.42. The first-order chi connectivity index (χ1) is 8.36. The Hall–Kier alpha value is -1.71. The van der Waals surface area contributed by atoms with Crippen molar-refractivity contribution in [3.63, 3.8) is 0 Å². The van der Waals surface area contributed by atoms with Gasteiger partial charge in [-0.05, 0) is 23.8 Å². The van der Waals surface area contributed by atoms with Gasteiger partial charge in [-0.1, -0.05) is 30.3 Å². The molecule has 0 bridgehead atoms. The van der Waals surface area contributed by atoms with E-state index in [0.29, 0.717) is 6.54 Å². The molecule has 0 atom stereocenters. The quantitative estimate of drug-likeness (QED) is 0.745. The first kappa shape index (κ1) is 10.4. The summed E-state index contributed by atoms with van der Waals surface area (Å²) in [6, 6.07) is 16.5. The van der Waals surface area contributed by atoms with Gasteiger partial charge in [0.1, 0.15) is 5.01 Å². The van der Waals surface area contributed by atoms with E-state index in [2.05, 4.69) is 23.2 Å². The van der Waals surface area contributed by atoms with Crippen molar-refractivity contribution in [1.82, 2.24) is 4.98 Å². The molecule has 2 aromatic carbocycles. The molecule has 0 amide bonds. The van der Waals surface area contributed by atoms with Gasteiger partial charge in [0.15, 0.2) is 0 Å². The van der Waals surface area contributed by atoms with Crippen LogP contribution in [0.15, 0.2) is 48.5 Å². The third-order valence-corrected chi connectivity index (χ3v) is 3.79. The largest absolute Gasteiger partial charge is 0.326 e. The number of nitrogens with zero attached hydrogens (tertiary/aromatic N) is 1. The van der Waals surface area contributed by atoms with Crippen molar-refractivity contribution in [1.29, 1.82) is 0 Å². The van der Waals surface area contributed by atoms with Crippen LogP contribution in [-0.4, -0.2) is 4.98 Å². The van der Waals surface area contributed by atoms with E-state index < -0.39 is 0 Å². The molecule has 0 aliphatic carbocycles. The van der Waals surface area contributed by atoms with Crippen LogP contribution in [0.25, 0.3) is 20.8 Å². The van der Waals surface area contributed by atoms with Gasteiger partial charge in [-0.3, -0.25) is 0 Å². The molecule has 0 fully saturated rings. The van der Waals surface area contributed by atoms with Crippen molar-refractivity contribution in [2.75, 3.05) is 0 Å². The van der Waals surface area contributed by atoms with E-state index in [0.717, 1.165) is 21.7 Å². The molecule has 0 unspecified atom stereocenters. The van der Waals surface area contributed by atoms with Crippen LogP contribution in [0.3, 0.4) is 0 Å². The summed E-state index contributed by atoms with van der Waals surface area (Å²) in [7, 11) is 0. The molecule has 1 heterocycles. The Labute approximate surface area is 104 Å². The van der Waals surface area contributed by atoms with E-state index in [1.807, 2.05) is 30.3 Å². The lowest BCUT2D eigenvalue weighted by molar-refractivity contribution is 1.07. The summed E-state index contributed by atoms with van der Waals surface area (Å²) in [5, 5.41) is 1.06. The molecule has 0 saturated carbocycles. The van der Waals surface area contributed by atoms with Crippen LogP contribution in [0.4, 0.5) is 0 Å². The number of fused-ring (bicyclic) bond motifs is 1. The number of hydrogen-bond acceptors (Lipinski definition) is 3. The predicted molar refractivity (Wildman–Crippen MR) is 72.9 cm³/mol. The number of hydrogen-bond donors (Lipinski definition) is 1. The smallest absolute Gasteiger partial charge is 0.124 e. The van der Waals surface area contributed by atoms with Crippen molar-refractivity contribution in [3.05, 3.63) is 54.1 Å². The summed E-state index contributed by atoms with van der Waals surface area (Å²) in [6.45, 7) is 0.568. The third-order valence-electron chi connectivity index (χ3n) is 2.70. The van der Waals surface area contributed by atoms with Crippen LogP contribution >= 0.6 is 11.3 Å². The van der Waals surface area contributed by atoms with E-state index >= 15 is 0 Å². The van der Waals surface area contributed by atoms with Gasteiger partial charge in [0.05, 0.1) is 10.2 Å². The standard InChI is InChI=1S/C14H12N2S/c15-9-10-4-3-5-11(8-10)14-16-12-6-1-2-7-13(12)17-14/h1-8H,9,15H2. The normalized spacial score (nSPS) is 10.9. The number of thiazole rings is 1. The Morgan fingerprint density at radius 3 is 2.76 bits per heavy atom. The molecule has 0 aliphatic heterocycles. The fraction of sp³-hybridized carbons (Fsp3) is 0.0714. The molecule has 1 aromatic heterocycles. The second-order valence-electron chi connectivity index (χ2n) is 3.89. The average Bonchev–Trinajstić information content (AvgIpc) is 2.82. The Bertz CT molecular complexity index is 625. The molecule has 84 valence electrons. The molecule has 3 heteroatoms. The first-order valence-electron chi connectivity index (χ1n) is 5.52. The second-order valence-corrected chi connectivity index (χ2v) is 4.92. The van der Waals surface area contributed by atoms with E-state index in [4.69, 9.17) is 5.73 Å². The highest BCUT2D eigenvalue weighted by Crippen LogP contribution is 2.30. The first-order valence-corrected chi connectivity index (χ1v) is 6.33. The van der Waals surface area contributed by atoms with Gasteiger partial charge in [-0.2, -0.15) is 0 Å². The SMILES string of the molecule is NCc1cccc(-c2nc3ccccc3s2)c1. The van der Waals surface area contributed by atoms with Gasteiger partial charge in [0.2, 0.25) is 0 Å². The lowest BCUT2D eigenvalue weighted by Gasteiger charge is -1.99. The zero-order valence-corrected chi connectivity index (χ0v) is 10.1. The van der Waals surface area contributed by atoms with Gasteiger partial charge in [-0.25, -0.2) is 4.98 Å². The average molecular weight is 240 g/mol. The monoisotopic (exact) mass is 240 g/mol. The number of para-hydroxylation sites is 1. The third kappa shape index (κ3) is 1.95. The van der Waals surface area contributed by atoms with E-state index in [-0.39, 0.29) is 0 Å². The van der Waals surface area contributed by atoms with E-state index in [1.54, 1.807) is 11.3 Å². The van der Waals surface area contributed by atoms with Gasteiger partial charge in [0, 0.05) is 12.1 Å². The van der Waals surface area contributed by atoms with Gasteiger partial charge in [0.25, 0.3) is 0 Å². The van der Waals surface area contributed by atoms with Crippen LogP contribution < -0.4 is 5.73 Å². The lowest BCUT2D eigenvalue weighted by atomic mass is 10.1. The maximum absolute atomic E-state index is 5.65. The molecular weight excluding hydrogens is 228 g/mol. The second kappa shape index (κ2) is 4.28. The topological polar surface area (TPSA) is 38.9 Å². The van der Waals surface area contributed by atoms with Crippen molar-refractivity contribution in [3.8, 4) is 10.6 Å². The van der Waals surface area contributed by atoms with E-state index in [9.17, 15) is 0 Å². The summed E-state index contributed by atoms with van der Waals surface area (Å²) in [4.78, 5) is 4.64. The Morgan fingerprint density at radius 1 is 1.06 bits per heavy atom. The summed E-state index contributed by atoms with van der Waals surface area (Å²) >= 11 is 1.72. The minimum Gasteiger partial charge on any atom is -0.326 e. The van der Waals surface area contributed by atoms with E-state index in [1.165, 1.54) is 4.70 Å². The van der Waals surface area contributed by atoms with Gasteiger partial charge >= 0.3 is 0 Å². The molecule has 2 N–H and O–H groups in total. The molecule has 3 aromatic rings. The van der Waals surface area contributed by atoms with Crippen molar-refractivity contribution in [2.45, 2.75) is 6.54 Å².